The molecule has 0 radical (unpaired) electrons. The third-order valence-corrected chi connectivity index (χ3v) is 2.14. The van der Waals surface area contributed by atoms with Crippen molar-refractivity contribution in [1.29, 1.82) is 0 Å². The normalized spacial score (nSPS) is 9.87. The fourth-order valence-electron chi connectivity index (χ4n) is 1.35. The number of benzene rings is 1. The minimum Gasteiger partial charge on any atom is -0.397 e. The molecule has 0 unspecified atom stereocenters. The summed E-state index contributed by atoms with van der Waals surface area (Å²) in [5.74, 6) is 0. The first kappa shape index (κ1) is 9.40. The second-order valence-electron chi connectivity index (χ2n) is 3.15. The van der Waals surface area contributed by atoms with Crippen LogP contribution in [-0.4, -0.2) is 11.3 Å². The van der Waals surface area contributed by atoms with Crippen molar-refractivity contribution in [3.05, 3.63) is 48.2 Å². The molecular weight excluding hydrogens is 188 g/mol. The summed E-state index contributed by atoms with van der Waals surface area (Å²) in [7, 11) is 0. The van der Waals surface area contributed by atoms with Crippen LogP contribution in [0.1, 0.15) is 10.5 Å². The van der Waals surface area contributed by atoms with Crippen LogP contribution >= 0.6 is 0 Å². The van der Waals surface area contributed by atoms with E-state index < -0.39 is 0 Å². The number of anilines is 1. The van der Waals surface area contributed by atoms with Crippen LogP contribution in [0.25, 0.3) is 11.3 Å². The molecule has 0 aliphatic rings. The van der Waals surface area contributed by atoms with Gasteiger partial charge in [0.1, 0.15) is 5.69 Å². The highest BCUT2D eigenvalue weighted by atomic mass is 16.1. The number of hydrogen-bond acceptors (Lipinski definition) is 3. The second-order valence-corrected chi connectivity index (χ2v) is 3.15. The molecule has 2 rings (SSSR count). The number of aldehydes is 1. The van der Waals surface area contributed by atoms with E-state index in [4.69, 9.17) is 5.73 Å². The van der Waals surface area contributed by atoms with Crippen molar-refractivity contribution >= 4 is 12.0 Å². The molecule has 15 heavy (non-hydrogen) atoms. The molecular formula is C12H10N2O. The van der Waals surface area contributed by atoms with Gasteiger partial charge < -0.3 is 5.73 Å². The van der Waals surface area contributed by atoms with Crippen molar-refractivity contribution in [3.63, 3.8) is 0 Å². The summed E-state index contributed by atoms with van der Waals surface area (Å²) in [6, 6.07) is 13.2. The minimum atomic E-state index is 0.288. The molecule has 0 saturated heterocycles. The molecule has 2 aromatic rings. The zero-order valence-electron chi connectivity index (χ0n) is 8.05. The number of rotatable bonds is 2. The van der Waals surface area contributed by atoms with Crippen molar-refractivity contribution in [1.82, 2.24) is 4.98 Å². The van der Waals surface area contributed by atoms with Crippen LogP contribution in [0.2, 0.25) is 0 Å². The van der Waals surface area contributed by atoms with Crippen LogP contribution in [0.3, 0.4) is 0 Å². The average molecular weight is 198 g/mol. The largest absolute Gasteiger partial charge is 0.397 e. The molecule has 1 heterocycles. The van der Waals surface area contributed by atoms with Gasteiger partial charge in [0.05, 0.1) is 11.4 Å². The van der Waals surface area contributed by atoms with E-state index in [1.165, 1.54) is 0 Å². The van der Waals surface area contributed by atoms with Gasteiger partial charge in [-0.2, -0.15) is 0 Å². The molecule has 2 N–H and O–H groups in total. The van der Waals surface area contributed by atoms with Crippen molar-refractivity contribution in [2.24, 2.45) is 0 Å². The Morgan fingerprint density at radius 1 is 1.07 bits per heavy atom. The molecule has 1 aromatic carbocycles. The highest BCUT2D eigenvalue weighted by molar-refractivity contribution is 5.81. The standard InChI is InChI=1S/C12H10N2O/c13-10-6-7-11(14-12(10)8-15)9-4-2-1-3-5-9/h1-8H,13H2. The van der Waals surface area contributed by atoms with Gasteiger partial charge >= 0.3 is 0 Å². The van der Waals surface area contributed by atoms with Crippen molar-refractivity contribution in [2.45, 2.75) is 0 Å². The SMILES string of the molecule is Nc1ccc(-c2ccccc2)nc1C=O. The first-order valence-corrected chi connectivity index (χ1v) is 4.58. The number of nitrogens with zero attached hydrogens (tertiary/aromatic N) is 1. The van der Waals surface area contributed by atoms with Crippen molar-refractivity contribution in [2.75, 3.05) is 5.73 Å². The third-order valence-electron chi connectivity index (χ3n) is 2.14. The van der Waals surface area contributed by atoms with E-state index in [1.807, 2.05) is 30.3 Å². The Morgan fingerprint density at radius 3 is 2.47 bits per heavy atom. The topological polar surface area (TPSA) is 56.0 Å². The zero-order chi connectivity index (χ0) is 10.7. The van der Waals surface area contributed by atoms with E-state index in [0.717, 1.165) is 11.3 Å². The summed E-state index contributed by atoms with van der Waals surface area (Å²) in [6.07, 6.45) is 0.668. The van der Waals surface area contributed by atoms with E-state index >= 15 is 0 Å². The van der Waals surface area contributed by atoms with Crippen LogP contribution in [0.5, 0.6) is 0 Å². The fourth-order valence-corrected chi connectivity index (χ4v) is 1.35. The van der Waals surface area contributed by atoms with Gasteiger partial charge in [-0.15, -0.1) is 0 Å². The smallest absolute Gasteiger partial charge is 0.170 e. The second kappa shape index (κ2) is 3.92. The highest BCUT2D eigenvalue weighted by Gasteiger charge is 2.03. The summed E-state index contributed by atoms with van der Waals surface area (Å²) >= 11 is 0. The summed E-state index contributed by atoms with van der Waals surface area (Å²) in [5, 5.41) is 0. The van der Waals surface area contributed by atoms with Crippen molar-refractivity contribution < 1.29 is 4.79 Å². The van der Waals surface area contributed by atoms with Crippen molar-refractivity contribution in [3.8, 4) is 11.3 Å². The Balaban J connectivity index is 2.51. The summed E-state index contributed by atoms with van der Waals surface area (Å²) in [5.41, 5.74) is 8.01. The zero-order valence-corrected chi connectivity index (χ0v) is 8.05. The van der Waals surface area contributed by atoms with Gasteiger partial charge in [-0.25, -0.2) is 4.98 Å². The van der Waals surface area contributed by atoms with Gasteiger partial charge in [-0.3, -0.25) is 4.79 Å². The Bertz CT molecular complexity index is 480. The molecule has 0 amide bonds. The lowest BCUT2D eigenvalue weighted by atomic mass is 10.1. The maximum absolute atomic E-state index is 10.7. The molecule has 3 nitrogen and oxygen atoms in total. The first-order chi connectivity index (χ1) is 7.31. The summed E-state index contributed by atoms with van der Waals surface area (Å²) in [4.78, 5) is 14.8. The molecule has 0 spiro atoms. The van der Waals surface area contributed by atoms with E-state index in [2.05, 4.69) is 4.98 Å². The predicted molar refractivity (Wildman–Crippen MR) is 59.5 cm³/mol. The molecule has 74 valence electrons. The number of nitrogen functional groups attached to an aromatic ring is 1. The lowest BCUT2D eigenvalue weighted by Gasteiger charge is -2.02. The van der Waals surface area contributed by atoms with E-state index in [-0.39, 0.29) is 5.69 Å². The lowest BCUT2D eigenvalue weighted by molar-refractivity contribution is 0.112. The monoisotopic (exact) mass is 198 g/mol. The molecule has 3 heteroatoms. The van der Waals surface area contributed by atoms with Gasteiger partial charge in [0.2, 0.25) is 0 Å². The van der Waals surface area contributed by atoms with Gasteiger partial charge in [-0.1, -0.05) is 30.3 Å². The van der Waals surface area contributed by atoms with Gasteiger partial charge in [0.25, 0.3) is 0 Å². The van der Waals surface area contributed by atoms with E-state index in [0.29, 0.717) is 12.0 Å². The number of aromatic nitrogens is 1. The van der Waals surface area contributed by atoms with Crippen LogP contribution in [0, 0.1) is 0 Å². The lowest BCUT2D eigenvalue weighted by Crippen LogP contribution is -1.97. The van der Waals surface area contributed by atoms with Gasteiger partial charge in [-0.05, 0) is 12.1 Å². The maximum Gasteiger partial charge on any atom is 0.170 e. The maximum atomic E-state index is 10.7. The molecule has 0 bridgehead atoms. The van der Waals surface area contributed by atoms with Crippen LogP contribution in [0.15, 0.2) is 42.5 Å². The summed E-state index contributed by atoms with van der Waals surface area (Å²) < 4.78 is 0. The fraction of sp³-hybridized carbons (Fsp3) is 0. The number of hydrogen-bond donors (Lipinski definition) is 1. The Labute approximate surface area is 87.6 Å². The molecule has 0 saturated carbocycles. The van der Waals surface area contributed by atoms with Crippen LogP contribution < -0.4 is 5.73 Å². The molecule has 0 fully saturated rings. The number of carbonyl (C=O) groups excluding carboxylic acids is 1. The third kappa shape index (κ3) is 1.86. The Morgan fingerprint density at radius 2 is 1.80 bits per heavy atom. The average Bonchev–Trinajstić information content (AvgIpc) is 2.31. The number of carbonyl (C=O) groups is 1. The highest BCUT2D eigenvalue weighted by Crippen LogP contribution is 2.18. The Kier molecular flexibility index (Phi) is 2.46. The van der Waals surface area contributed by atoms with Crippen LogP contribution in [0.4, 0.5) is 5.69 Å². The van der Waals surface area contributed by atoms with Crippen LogP contribution in [-0.2, 0) is 0 Å². The molecule has 0 atom stereocenters. The molecule has 0 aliphatic heterocycles. The number of nitrogens with two attached hydrogens (primary N) is 1. The molecule has 0 aliphatic carbocycles. The summed E-state index contributed by atoms with van der Waals surface area (Å²) in [6.45, 7) is 0. The number of pyridine rings is 1. The van der Waals surface area contributed by atoms with Gasteiger partial charge in [0.15, 0.2) is 6.29 Å². The Hall–Kier alpha value is -2.16. The van der Waals surface area contributed by atoms with E-state index in [1.54, 1.807) is 12.1 Å². The predicted octanol–water partition coefficient (Wildman–Crippen LogP) is 2.14. The molecule has 1 aromatic heterocycles. The first-order valence-electron chi connectivity index (χ1n) is 4.58. The van der Waals surface area contributed by atoms with Gasteiger partial charge in [0, 0.05) is 5.56 Å². The quantitative estimate of drug-likeness (QED) is 0.752. The van der Waals surface area contributed by atoms with E-state index in [9.17, 15) is 4.79 Å². The minimum absolute atomic E-state index is 0.288.